The minimum Gasteiger partial charge on any atom is -0.321 e. The number of amides is 4. The number of imide groups is 1. The minimum absolute atomic E-state index is 0.178. The summed E-state index contributed by atoms with van der Waals surface area (Å²) in [5.74, 6) is -0.869. The third kappa shape index (κ3) is 2.97. The number of anilines is 1. The Morgan fingerprint density at radius 2 is 1.85 bits per heavy atom. The number of fused-ring (bicyclic) bond motifs is 1. The van der Waals surface area contributed by atoms with E-state index in [0.29, 0.717) is 22.3 Å². The summed E-state index contributed by atoms with van der Waals surface area (Å²) in [6.07, 6.45) is 1.41. The van der Waals surface area contributed by atoms with Gasteiger partial charge in [-0.2, -0.15) is 0 Å². The lowest BCUT2D eigenvalue weighted by Crippen LogP contribution is -2.40. The quantitative estimate of drug-likeness (QED) is 0.617. The summed E-state index contributed by atoms with van der Waals surface area (Å²) in [6, 6.07) is 13.4. The second-order valence-corrected chi connectivity index (χ2v) is 6.31. The number of urea groups is 1. The van der Waals surface area contributed by atoms with Crippen molar-refractivity contribution in [2.45, 2.75) is 12.5 Å². The van der Waals surface area contributed by atoms with Gasteiger partial charge in [0.15, 0.2) is 0 Å². The average Bonchev–Trinajstić information content (AvgIpc) is 2.94. The maximum absolute atomic E-state index is 12.5. The molecule has 1 aromatic heterocycles. The molecule has 27 heavy (non-hydrogen) atoms. The number of nitrogens with one attached hydrogen (secondary N) is 3. The number of benzene rings is 2. The van der Waals surface area contributed by atoms with Gasteiger partial charge in [0.2, 0.25) is 0 Å². The van der Waals surface area contributed by atoms with Crippen molar-refractivity contribution in [3.05, 3.63) is 66.0 Å². The van der Waals surface area contributed by atoms with E-state index in [1.807, 2.05) is 18.2 Å². The monoisotopic (exact) mass is 361 g/mol. The number of hydrogen-bond acceptors (Lipinski definition) is 5. The Morgan fingerprint density at radius 1 is 1.07 bits per heavy atom. The van der Waals surface area contributed by atoms with Crippen LogP contribution in [0.2, 0.25) is 0 Å². The second-order valence-electron chi connectivity index (χ2n) is 6.31. The molecular weight excluding hydrogens is 346 g/mol. The van der Waals surface area contributed by atoms with Crippen LogP contribution < -0.4 is 16.0 Å². The fourth-order valence-electron chi connectivity index (χ4n) is 2.92. The van der Waals surface area contributed by atoms with Crippen molar-refractivity contribution in [2.24, 2.45) is 0 Å². The highest BCUT2D eigenvalue weighted by molar-refractivity contribution is 6.07. The fraction of sp³-hybridized carbons (Fsp3) is 0.105. The topological polar surface area (TPSA) is 113 Å². The van der Waals surface area contributed by atoms with Gasteiger partial charge in [0, 0.05) is 5.69 Å². The summed E-state index contributed by atoms with van der Waals surface area (Å²) in [5, 5.41) is 7.55. The van der Waals surface area contributed by atoms with Gasteiger partial charge in [-0.15, -0.1) is 0 Å². The normalized spacial score (nSPS) is 18.9. The molecule has 1 atom stereocenters. The summed E-state index contributed by atoms with van der Waals surface area (Å²) in [7, 11) is 0. The molecule has 3 aromatic rings. The van der Waals surface area contributed by atoms with E-state index in [-0.39, 0.29) is 5.69 Å². The van der Waals surface area contributed by atoms with Gasteiger partial charge in [0.05, 0.1) is 17.2 Å². The van der Waals surface area contributed by atoms with Crippen LogP contribution in [0.3, 0.4) is 0 Å². The van der Waals surface area contributed by atoms with Crippen LogP contribution in [-0.2, 0) is 10.3 Å². The molecule has 2 heterocycles. The number of carbonyl (C=O) groups excluding carboxylic acids is 3. The van der Waals surface area contributed by atoms with Crippen molar-refractivity contribution < 1.29 is 14.4 Å². The molecule has 0 bridgehead atoms. The highest BCUT2D eigenvalue weighted by Gasteiger charge is 2.43. The van der Waals surface area contributed by atoms with E-state index in [2.05, 4.69) is 25.9 Å². The summed E-state index contributed by atoms with van der Waals surface area (Å²) in [6.45, 7) is 1.60. The Hall–Kier alpha value is -3.81. The Bertz CT molecular complexity index is 1100. The van der Waals surface area contributed by atoms with Gasteiger partial charge in [0.25, 0.3) is 11.8 Å². The lowest BCUT2D eigenvalue weighted by molar-refractivity contribution is -0.123. The Balaban J connectivity index is 1.60. The van der Waals surface area contributed by atoms with Gasteiger partial charge in [-0.1, -0.05) is 24.3 Å². The number of aromatic nitrogens is 2. The molecule has 1 aliphatic rings. The first-order valence-corrected chi connectivity index (χ1v) is 8.23. The Labute approximate surface area is 154 Å². The summed E-state index contributed by atoms with van der Waals surface area (Å²) < 4.78 is 0. The van der Waals surface area contributed by atoms with Crippen molar-refractivity contribution >= 4 is 34.6 Å². The molecule has 0 aliphatic carbocycles. The third-order valence-electron chi connectivity index (χ3n) is 4.42. The molecule has 0 unspecified atom stereocenters. The van der Waals surface area contributed by atoms with E-state index in [1.54, 1.807) is 37.3 Å². The van der Waals surface area contributed by atoms with Crippen LogP contribution in [0.25, 0.3) is 11.0 Å². The maximum Gasteiger partial charge on any atom is 0.322 e. The SMILES string of the molecule is C[C@]1(c2cccc(NC(=O)c3cnc4ccccc4n3)c2)NC(=O)NC1=O. The Kier molecular flexibility index (Phi) is 3.80. The predicted molar refractivity (Wildman–Crippen MR) is 98.0 cm³/mol. The second kappa shape index (κ2) is 6.17. The molecule has 3 N–H and O–H groups in total. The van der Waals surface area contributed by atoms with Gasteiger partial charge in [-0.25, -0.2) is 9.78 Å². The zero-order valence-electron chi connectivity index (χ0n) is 14.3. The lowest BCUT2D eigenvalue weighted by Gasteiger charge is -2.21. The molecule has 4 amide bonds. The number of rotatable bonds is 3. The van der Waals surface area contributed by atoms with Gasteiger partial charge in [-0.05, 0) is 36.8 Å². The molecular formula is C19H15N5O3. The minimum atomic E-state index is -1.19. The van der Waals surface area contributed by atoms with E-state index >= 15 is 0 Å². The number of para-hydroxylation sites is 2. The summed E-state index contributed by atoms with van der Waals surface area (Å²) >= 11 is 0. The number of hydrogen-bond donors (Lipinski definition) is 3. The van der Waals surface area contributed by atoms with Gasteiger partial charge in [-0.3, -0.25) is 19.9 Å². The van der Waals surface area contributed by atoms with E-state index in [9.17, 15) is 14.4 Å². The van der Waals surface area contributed by atoms with Gasteiger partial charge in [0.1, 0.15) is 11.2 Å². The molecule has 0 saturated carbocycles. The largest absolute Gasteiger partial charge is 0.322 e. The molecule has 0 spiro atoms. The fourth-order valence-corrected chi connectivity index (χ4v) is 2.92. The van der Waals surface area contributed by atoms with Crippen LogP contribution in [0, 0.1) is 0 Å². The van der Waals surface area contributed by atoms with Crippen molar-refractivity contribution in [1.82, 2.24) is 20.6 Å². The van der Waals surface area contributed by atoms with E-state index in [0.717, 1.165) is 0 Å². The average molecular weight is 361 g/mol. The number of carbonyl (C=O) groups is 3. The lowest BCUT2D eigenvalue weighted by atomic mass is 9.92. The highest BCUT2D eigenvalue weighted by Crippen LogP contribution is 2.26. The van der Waals surface area contributed by atoms with E-state index in [1.165, 1.54) is 6.20 Å². The molecule has 1 aliphatic heterocycles. The first kappa shape index (κ1) is 16.6. The van der Waals surface area contributed by atoms with Crippen LogP contribution in [0.15, 0.2) is 54.7 Å². The first-order valence-electron chi connectivity index (χ1n) is 8.23. The summed E-state index contributed by atoms with van der Waals surface area (Å²) in [4.78, 5) is 44.6. The molecule has 1 fully saturated rings. The van der Waals surface area contributed by atoms with Crippen molar-refractivity contribution in [3.8, 4) is 0 Å². The maximum atomic E-state index is 12.5. The van der Waals surface area contributed by atoms with E-state index < -0.39 is 23.4 Å². The third-order valence-corrected chi connectivity index (χ3v) is 4.42. The van der Waals surface area contributed by atoms with Crippen LogP contribution in [-0.4, -0.2) is 27.8 Å². The summed E-state index contributed by atoms with van der Waals surface area (Å²) in [5.41, 5.74) is 1.33. The van der Waals surface area contributed by atoms with Crippen LogP contribution in [0.5, 0.6) is 0 Å². The molecule has 8 heteroatoms. The van der Waals surface area contributed by atoms with Gasteiger partial charge >= 0.3 is 6.03 Å². The molecule has 134 valence electrons. The predicted octanol–water partition coefficient (Wildman–Crippen LogP) is 1.94. The zero-order chi connectivity index (χ0) is 19.0. The first-order chi connectivity index (χ1) is 13.0. The van der Waals surface area contributed by atoms with Crippen molar-refractivity contribution in [1.29, 1.82) is 0 Å². The van der Waals surface area contributed by atoms with Crippen molar-refractivity contribution in [3.63, 3.8) is 0 Å². The highest BCUT2D eigenvalue weighted by atomic mass is 16.2. The molecule has 4 rings (SSSR count). The van der Waals surface area contributed by atoms with Crippen LogP contribution in [0.4, 0.5) is 10.5 Å². The Morgan fingerprint density at radius 3 is 2.59 bits per heavy atom. The van der Waals surface area contributed by atoms with Gasteiger partial charge < -0.3 is 10.6 Å². The molecule has 8 nitrogen and oxygen atoms in total. The molecule has 2 aromatic carbocycles. The molecule has 0 radical (unpaired) electrons. The smallest absolute Gasteiger partial charge is 0.321 e. The zero-order valence-corrected chi connectivity index (χ0v) is 14.3. The van der Waals surface area contributed by atoms with Crippen LogP contribution >= 0.6 is 0 Å². The standard InChI is InChI=1S/C19H15N5O3/c1-19(17(26)23-18(27)24-19)11-5-4-6-12(9-11)21-16(25)15-10-20-13-7-2-3-8-14(13)22-15/h2-10H,1H3,(H,21,25)(H2,23,24,26,27)/t19-/m1/s1. The van der Waals surface area contributed by atoms with Crippen molar-refractivity contribution in [2.75, 3.05) is 5.32 Å². The number of nitrogens with zero attached hydrogens (tertiary/aromatic N) is 2. The van der Waals surface area contributed by atoms with E-state index in [4.69, 9.17) is 0 Å². The molecule has 1 saturated heterocycles. The van der Waals surface area contributed by atoms with Crippen LogP contribution in [0.1, 0.15) is 23.0 Å².